The first-order valence-electron chi connectivity index (χ1n) is 10.9. The van der Waals surface area contributed by atoms with E-state index in [1.165, 1.54) is 0 Å². The molecule has 31 heavy (non-hydrogen) atoms. The zero-order chi connectivity index (χ0) is 21.2. The topological polar surface area (TPSA) is 36.9 Å². The number of rotatable bonds is 11. The lowest BCUT2D eigenvalue weighted by atomic mass is 10.0. The predicted molar refractivity (Wildman–Crippen MR) is 120 cm³/mol. The molecule has 162 valence electrons. The molecule has 0 radical (unpaired) electrons. The Hall–Kier alpha value is -2.50. The minimum absolute atomic E-state index is 0.249. The molecule has 3 aromatic carbocycles. The summed E-state index contributed by atoms with van der Waals surface area (Å²) in [6, 6.07) is 30.6. The van der Waals surface area contributed by atoms with Crippen molar-refractivity contribution in [2.75, 3.05) is 13.2 Å². The van der Waals surface area contributed by atoms with Crippen LogP contribution in [0.1, 0.15) is 29.5 Å². The molecule has 4 nitrogen and oxygen atoms in total. The van der Waals surface area contributed by atoms with Crippen LogP contribution in [-0.2, 0) is 38.8 Å². The van der Waals surface area contributed by atoms with E-state index in [1.54, 1.807) is 0 Å². The zero-order valence-corrected chi connectivity index (χ0v) is 17.8. The Balaban J connectivity index is 1.32. The van der Waals surface area contributed by atoms with Crippen molar-refractivity contribution in [2.24, 2.45) is 0 Å². The lowest BCUT2D eigenvalue weighted by Crippen LogP contribution is -2.40. The first-order chi connectivity index (χ1) is 15.3. The van der Waals surface area contributed by atoms with Crippen LogP contribution in [0.4, 0.5) is 0 Å². The smallest absolute Gasteiger partial charge is 0.159 e. The largest absolute Gasteiger partial charge is 0.374 e. The van der Waals surface area contributed by atoms with Gasteiger partial charge < -0.3 is 18.9 Å². The molecule has 0 aromatic heterocycles. The zero-order valence-electron chi connectivity index (χ0n) is 17.8. The molecular formula is C27H30O4. The Morgan fingerprint density at radius 1 is 0.645 bits per heavy atom. The lowest BCUT2D eigenvalue weighted by Gasteiger charge is -2.29. The van der Waals surface area contributed by atoms with Gasteiger partial charge >= 0.3 is 0 Å². The summed E-state index contributed by atoms with van der Waals surface area (Å²) in [4.78, 5) is 0. The van der Waals surface area contributed by atoms with Crippen LogP contribution in [-0.4, -0.2) is 25.1 Å². The van der Waals surface area contributed by atoms with Crippen molar-refractivity contribution in [3.05, 3.63) is 108 Å². The van der Waals surface area contributed by atoms with E-state index in [-0.39, 0.29) is 6.29 Å². The molecule has 1 heterocycles. The van der Waals surface area contributed by atoms with E-state index in [0.29, 0.717) is 33.0 Å². The molecule has 1 atom stereocenters. The van der Waals surface area contributed by atoms with Crippen molar-refractivity contribution < 1.29 is 18.9 Å². The third kappa shape index (κ3) is 6.74. The molecule has 4 heteroatoms. The van der Waals surface area contributed by atoms with Crippen LogP contribution in [0.15, 0.2) is 91.0 Å². The molecule has 0 N–H and O–H groups in total. The molecule has 1 saturated heterocycles. The monoisotopic (exact) mass is 418 g/mol. The summed E-state index contributed by atoms with van der Waals surface area (Å²) in [5, 5.41) is 0. The van der Waals surface area contributed by atoms with Gasteiger partial charge in [-0.3, -0.25) is 0 Å². The molecule has 0 bridgehead atoms. The summed E-state index contributed by atoms with van der Waals surface area (Å²) >= 11 is 0. The SMILES string of the molecule is c1ccc(COCC2(COCc3ccccc3)CCC(OCc3ccccc3)O2)cc1. The summed E-state index contributed by atoms with van der Waals surface area (Å²) in [5.41, 5.74) is 2.95. The second-order valence-electron chi connectivity index (χ2n) is 8.02. The van der Waals surface area contributed by atoms with Crippen LogP contribution in [0.2, 0.25) is 0 Å². The third-order valence-corrected chi connectivity index (χ3v) is 5.45. The summed E-state index contributed by atoms with van der Waals surface area (Å²) in [6.07, 6.45) is 1.42. The Morgan fingerprint density at radius 3 is 1.58 bits per heavy atom. The minimum Gasteiger partial charge on any atom is -0.374 e. The lowest BCUT2D eigenvalue weighted by molar-refractivity contribution is -0.207. The van der Waals surface area contributed by atoms with E-state index in [4.69, 9.17) is 18.9 Å². The molecule has 0 spiro atoms. The van der Waals surface area contributed by atoms with Crippen LogP contribution in [0.3, 0.4) is 0 Å². The fraction of sp³-hybridized carbons (Fsp3) is 0.333. The van der Waals surface area contributed by atoms with Crippen LogP contribution in [0.25, 0.3) is 0 Å². The second kappa shape index (κ2) is 11.2. The van der Waals surface area contributed by atoms with Gasteiger partial charge in [0.25, 0.3) is 0 Å². The van der Waals surface area contributed by atoms with Gasteiger partial charge in [0, 0.05) is 6.42 Å². The van der Waals surface area contributed by atoms with Gasteiger partial charge in [-0.1, -0.05) is 91.0 Å². The predicted octanol–water partition coefficient (Wildman–Crippen LogP) is 5.51. The second-order valence-corrected chi connectivity index (χ2v) is 8.02. The Labute approximate surface area is 184 Å². The van der Waals surface area contributed by atoms with Crippen LogP contribution in [0.5, 0.6) is 0 Å². The van der Waals surface area contributed by atoms with Gasteiger partial charge in [0.1, 0.15) is 5.60 Å². The highest BCUT2D eigenvalue weighted by Crippen LogP contribution is 2.33. The number of hydrogen-bond donors (Lipinski definition) is 0. The maximum Gasteiger partial charge on any atom is 0.159 e. The van der Waals surface area contributed by atoms with Crippen LogP contribution < -0.4 is 0 Å². The van der Waals surface area contributed by atoms with Gasteiger partial charge in [-0.05, 0) is 23.1 Å². The number of benzene rings is 3. The molecule has 4 rings (SSSR count). The molecule has 0 aliphatic carbocycles. The summed E-state index contributed by atoms with van der Waals surface area (Å²) < 4.78 is 24.5. The van der Waals surface area contributed by atoms with Crippen molar-refractivity contribution in [2.45, 2.75) is 44.6 Å². The van der Waals surface area contributed by atoms with E-state index in [9.17, 15) is 0 Å². The molecule has 1 unspecified atom stereocenters. The van der Waals surface area contributed by atoms with Crippen molar-refractivity contribution >= 4 is 0 Å². The highest BCUT2D eigenvalue weighted by atomic mass is 16.7. The highest BCUT2D eigenvalue weighted by molar-refractivity contribution is 5.15. The number of ether oxygens (including phenoxy) is 4. The maximum atomic E-state index is 6.37. The van der Waals surface area contributed by atoms with E-state index < -0.39 is 5.60 Å². The molecule has 0 saturated carbocycles. The van der Waals surface area contributed by atoms with E-state index in [0.717, 1.165) is 29.5 Å². The van der Waals surface area contributed by atoms with Gasteiger partial charge in [-0.2, -0.15) is 0 Å². The molecule has 1 aliphatic heterocycles. The molecule has 3 aromatic rings. The van der Waals surface area contributed by atoms with Crippen LogP contribution >= 0.6 is 0 Å². The molecule has 1 fully saturated rings. The van der Waals surface area contributed by atoms with E-state index in [2.05, 4.69) is 36.4 Å². The Morgan fingerprint density at radius 2 is 1.10 bits per heavy atom. The van der Waals surface area contributed by atoms with Crippen molar-refractivity contribution in [3.63, 3.8) is 0 Å². The average molecular weight is 419 g/mol. The van der Waals surface area contributed by atoms with Gasteiger partial charge in [0.2, 0.25) is 0 Å². The summed E-state index contributed by atoms with van der Waals surface area (Å²) in [5.74, 6) is 0. The molecular weight excluding hydrogens is 388 g/mol. The first kappa shape index (κ1) is 21.7. The highest BCUT2D eigenvalue weighted by Gasteiger charge is 2.41. The third-order valence-electron chi connectivity index (χ3n) is 5.45. The molecule has 1 aliphatic rings. The first-order valence-corrected chi connectivity index (χ1v) is 10.9. The molecule has 0 amide bonds. The average Bonchev–Trinajstić information content (AvgIpc) is 3.23. The van der Waals surface area contributed by atoms with Crippen molar-refractivity contribution in [3.8, 4) is 0 Å². The van der Waals surface area contributed by atoms with Gasteiger partial charge in [-0.15, -0.1) is 0 Å². The normalized spacial score (nSPS) is 17.6. The fourth-order valence-electron chi connectivity index (χ4n) is 3.77. The maximum absolute atomic E-state index is 6.37. The van der Waals surface area contributed by atoms with Crippen molar-refractivity contribution in [1.29, 1.82) is 0 Å². The van der Waals surface area contributed by atoms with Crippen molar-refractivity contribution in [1.82, 2.24) is 0 Å². The van der Waals surface area contributed by atoms with E-state index >= 15 is 0 Å². The standard InChI is InChI=1S/C27H30O4/c1-4-10-23(11-5-1)18-28-21-27(22-29-19-24-12-6-2-7-13-24)17-16-26(31-27)30-20-25-14-8-3-9-15-25/h1-15,26H,16-22H2. The van der Waals surface area contributed by atoms with Gasteiger partial charge in [-0.25, -0.2) is 0 Å². The quantitative estimate of drug-likeness (QED) is 0.411. The minimum atomic E-state index is -0.495. The summed E-state index contributed by atoms with van der Waals surface area (Å²) in [7, 11) is 0. The van der Waals surface area contributed by atoms with Crippen LogP contribution in [0, 0.1) is 0 Å². The van der Waals surface area contributed by atoms with Gasteiger partial charge in [0.05, 0.1) is 33.0 Å². The Kier molecular flexibility index (Phi) is 7.86. The fourth-order valence-corrected chi connectivity index (χ4v) is 3.77. The van der Waals surface area contributed by atoms with E-state index in [1.807, 2.05) is 54.6 Å². The number of hydrogen-bond acceptors (Lipinski definition) is 4. The van der Waals surface area contributed by atoms with Gasteiger partial charge in [0.15, 0.2) is 6.29 Å². The Bertz CT molecular complexity index is 837. The summed E-state index contributed by atoms with van der Waals surface area (Å²) in [6.45, 7) is 2.60.